The van der Waals surface area contributed by atoms with E-state index in [4.69, 9.17) is 23.2 Å². The number of benzene rings is 2. The molecule has 3 rings (SSSR count). The van der Waals surface area contributed by atoms with E-state index >= 15 is 0 Å². The zero-order valence-corrected chi connectivity index (χ0v) is 13.4. The van der Waals surface area contributed by atoms with Crippen molar-refractivity contribution in [2.24, 2.45) is 0 Å². The largest absolute Gasteiger partial charge is 0.360 e. The minimum absolute atomic E-state index is 0.795. The van der Waals surface area contributed by atoms with E-state index in [1.54, 1.807) is 4.90 Å². The maximum Gasteiger partial charge on any atom is 0.103 e. The van der Waals surface area contributed by atoms with Gasteiger partial charge in [-0.25, -0.2) is 0 Å². The van der Waals surface area contributed by atoms with Crippen molar-refractivity contribution in [1.29, 1.82) is 0 Å². The van der Waals surface area contributed by atoms with Gasteiger partial charge in [0, 0.05) is 21.3 Å². The Hall–Kier alpha value is -1.22. The first-order valence-electron chi connectivity index (χ1n) is 7.29. The van der Waals surface area contributed by atoms with Gasteiger partial charge in [-0.05, 0) is 36.4 Å². The smallest absolute Gasteiger partial charge is 0.103 e. The Kier molecular flexibility index (Phi) is 4.69. The van der Waals surface area contributed by atoms with Crippen molar-refractivity contribution >= 4 is 28.9 Å². The predicted molar refractivity (Wildman–Crippen MR) is 89.5 cm³/mol. The average molecular weight is 322 g/mol. The molecule has 1 saturated heterocycles. The van der Waals surface area contributed by atoms with E-state index in [0.717, 1.165) is 42.8 Å². The highest BCUT2D eigenvalue weighted by molar-refractivity contribution is 6.30. The van der Waals surface area contributed by atoms with E-state index in [0.29, 0.717) is 0 Å². The molecule has 21 heavy (non-hydrogen) atoms. The fourth-order valence-corrected chi connectivity index (χ4v) is 3.18. The maximum absolute atomic E-state index is 6.05. The second-order valence-corrected chi connectivity index (χ2v) is 6.39. The summed E-state index contributed by atoms with van der Waals surface area (Å²) < 4.78 is 0. The first kappa shape index (κ1) is 14.7. The highest BCUT2D eigenvalue weighted by Gasteiger charge is 2.20. The number of piperazine rings is 1. The van der Waals surface area contributed by atoms with Gasteiger partial charge in [0.2, 0.25) is 0 Å². The molecule has 1 fully saturated rings. The van der Waals surface area contributed by atoms with Crippen LogP contribution in [-0.4, -0.2) is 26.2 Å². The van der Waals surface area contributed by atoms with Crippen LogP contribution in [0.3, 0.4) is 0 Å². The summed E-state index contributed by atoms with van der Waals surface area (Å²) in [5, 5.41) is 1.62. The number of nitrogens with zero attached hydrogens (tertiary/aromatic N) is 1. The number of hydrogen-bond donors (Lipinski definition) is 1. The summed E-state index contributed by atoms with van der Waals surface area (Å²) in [7, 11) is 0. The summed E-state index contributed by atoms with van der Waals surface area (Å²) in [6.45, 7) is 5.51. The molecule has 2 nitrogen and oxygen atoms in total. The van der Waals surface area contributed by atoms with Crippen molar-refractivity contribution in [3.8, 4) is 0 Å². The highest BCUT2D eigenvalue weighted by Crippen LogP contribution is 2.17. The van der Waals surface area contributed by atoms with Crippen molar-refractivity contribution in [1.82, 2.24) is 0 Å². The van der Waals surface area contributed by atoms with Crippen molar-refractivity contribution in [3.05, 3.63) is 64.1 Å². The van der Waals surface area contributed by atoms with Crippen molar-refractivity contribution in [2.75, 3.05) is 31.1 Å². The zero-order valence-electron chi connectivity index (χ0n) is 11.9. The lowest BCUT2D eigenvalue weighted by molar-refractivity contribution is -0.914. The molecule has 2 aromatic carbocycles. The lowest BCUT2D eigenvalue weighted by Crippen LogP contribution is -3.13. The van der Waals surface area contributed by atoms with E-state index in [1.807, 2.05) is 24.3 Å². The molecule has 110 valence electrons. The van der Waals surface area contributed by atoms with Gasteiger partial charge in [-0.15, -0.1) is 0 Å². The van der Waals surface area contributed by atoms with Crippen LogP contribution in [-0.2, 0) is 6.54 Å². The number of quaternary nitrogens is 1. The van der Waals surface area contributed by atoms with Crippen LogP contribution in [0.1, 0.15) is 5.56 Å². The van der Waals surface area contributed by atoms with E-state index in [1.165, 1.54) is 11.3 Å². The molecule has 2 aromatic rings. The van der Waals surface area contributed by atoms with Gasteiger partial charge in [-0.2, -0.15) is 0 Å². The van der Waals surface area contributed by atoms with Crippen LogP contribution in [0.15, 0.2) is 48.5 Å². The quantitative estimate of drug-likeness (QED) is 0.913. The third kappa shape index (κ3) is 3.91. The number of hydrogen-bond acceptors (Lipinski definition) is 1. The molecule has 1 aliphatic heterocycles. The zero-order chi connectivity index (χ0) is 14.7. The van der Waals surface area contributed by atoms with Crippen molar-refractivity contribution in [3.63, 3.8) is 0 Å². The fourth-order valence-electron chi connectivity index (χ4n) is 2.85. The van der Waals surface area contributed by atoms with Gasteiger partial charge in [-0.1, -0.05) is 35.3 Å². The molecule has 0 radical (unpaired) electrons. The molecule has 0 amide bonds. The Balaban J connectivity index is 1.56. The Morgan fingerprint density at radius 2 is 1.62 bits per heavy atom. The summed E-state index contributed by atoms with van der Waals surface area (Å²) in [6, 6.07) is 16.3. The van der Waals surface area contributed by atoms with Gasteiger partial charge in [0.05, 0.1) is 26.2 Å². The Bertz CT molecular complexity index is 590. The third-order valence-electron chi connectivity index (χ3n) is 4.01. The Morgan fingerprint density at radius 3 is 2.29 bits per heavy atom. The van der Waals surface area contributed by atoms with E-state index < -0.39 is 0 Å². The summed E-state index contributed by atoms with van der Waals surface area (Å²) in [5.41, 5.74) is 2.58. The summed E-state index contributed by atoms with van der Waals surface area (Å²) in [6.07, 6.45) is 0. The Labute approximate surface area is 135 Å². The summed E-state index contributed by atoms with van der Waals surface area (Å²) >= 11 is 12.0. The van der Waals surface area contributed by atoms with Gasteiger partial charge in [0.15, 0.2) is 0 Å². The molecule has 0 spiro atoms. The van der Waals surface area contributed by atoms with Gasteiger partial charge in [0.1, 0.15) is 6.54 Å². The number of rotatable bonds is 3. The molecular formula is C17H19Cl2N2+. The topological polar surface area (TPSA) is 7.68 Å². The van der Waals surface area contributed by atoms with Crippen molar-refractivity contribution in [2.45, 2.75) is 6.54 Å². The first-order chi connectivity index (χ1) is 10.2. The van der Waals surface area contributed by atoms with Crippen LogP contribution in [0.25, 0.3) is 0 Å². The molecule has 1 aliphatic rings. The lowest BCUT2D eigenvalue weighted by Gasteiger charge is -2.33. The van der Waals surface area contributed by atoms with Crippen LogP contribution in [0.2, 0.25) is 10.0 Å². The summed E-state index contributed by atoms with van der Waals surface area (Å²) in [5.74, 6) is 0. The monoisotopic (exact) mass is 321 g/mol. The van der Waals surface area contributed by atoms with Crippen LogP contribution < -0.4 is 9.80 Å². The van der Waals surface area contributed by atoms with Crippen molar-refractivity contribution < 1.29 is 4.90 Å². The van der Waals surface area contributed by atoms with Gasteiger partial charge in [-0.3, -0.25) is 0 Å². The van der Waals surface area contributed by atoms with Gasteiger partial charge < -0.3 is 9.80 Å². The molecule has 0 aliphatic carbocycles. The van der Waals surface area contributed by atoms with Gasteiger partial charge in [0.25, 0.3) is 0 Å². The average Bonchev–Trinajstić information content (AvgIpc) is 2.49. The normalized spacial score (nSPS) is 16.2. The highest BCUT2D eigenvalue weighted by atomic mass is 35.5. The first-order valence-corrected chi connectivity index (χ1v) is 8.05. The third-order valence-corrected chi connectivity index (χ3v) is 4.49. The minimum atomic E-state index is 0.795. The molecule has 1 N–H and O–H groups in total. The second-order valence-electron chi connectivity index (χ2n) is 5.52. The summed E-state index contributed by atoms with van der Waals surface area (Å²) in [4.78, 5) is 4.04. The minimum Gasteiger partial charge on any atom is -0.360 e. The molecule has 0 bridgehead atoms. The predicted octanol–water partition coefficient (Wildman–Crippen LogP) is 2.90. The molecule has 4 heteroatoms. The molecule has 0 atom stereocenters. The van der Waals surface area contributed by atoms with Crippen LogP contribution in [0.4, 0.5) is 5.69 Å². The van der Waals surface area contributed by atoms with E-state index in [-0.39, 0.29) is 0 Å². The molecule has 0 saturated carbocycles. The van der Waals surface area contributed by atoms with E-state index in [2.05, 4.69) is 29.2 Å². The van der Waals surface area contributed by atoms with E-state index in [9.17, 15) is 0 Å². The molecule has 0 aromatic heterocycles. The molecule has 0 unspecified atom stereocenters. The lowest BCUT2D eigenvalue weighted by atomic mass is 10.2. The molecular weight excluding hydrogens is 303 g/mol. The second kappa shape index (κ2) is 6.69. The van der Waals surface area contributed by atoms with Crippen LogP contribution in [0.5, 0.6) is 0 Å². The SMILES string of the molecule is Clc1ccc(N2CC[NH+](Cc3cccc(Cl)c3)CC2)cc1. The number of nitrogens with one attached hydrogen (secondary N) is 1. The fraction of sp³-hybridized carbons (Fsp3) is 0.294. The van der Waals surface area contributed by atoms with Crippen LogP contribution >= 0.6 is 23.2 Å². The molecule has 1 heterocycles. The Morgan fingerprint density at radius 1 is 0.905 bits per heavy atom. The van der Waals surface area contributed by atoms with Crippen LogP contribution in [0, 0.1) is 0 Å². The maximum atomic E-state index is 6.05. The number of halogens is 2. The number of anilines is 1. The standard InChI is InChI=1S/C17H18Cl2N2/c18-15-4-6-17(7-5-15)21-10-8-20(9-11-21)13-14-2-1-3-16(19)12-14/h1-7,12H,8-11,13H2/p+1. The van der Waals surface area contributed by atoms with Gasteiger partial charge >= 0.3 is 0 Å².